The van der Waals surface area contributed by atoms with Crippen molar-refractivity contribution in [2.45, 2.75) is 96.9 Å². The first kappa shape index (κ1) is 32.7. The second-order valence-electron chi connectivity index (χ2n) is 10.0. The summed E-state index contributed by atoms with van der Waals surface area (Å²) >= 11 is 0. The van der Waals surface area contributed by atoms with E-state index in [4.69, 9.17) is 14.2 Å². The highest BCUT2D eigenvalue weighted by atomic mass is 16.6. The van der Waals surface area contributed by atoms with Crippen LogP contribution in [0.5, 0.6) is 0 Å². The number of rotatable bonds is 14. The molecular formula is C24H41N3O9. The SMILES string of the molecule is C=CCOC(=O)NCCCCC(NC(=O)NC(CCC(=O)OC(C)(C)C)C(=O)OC(C)(C)C)C(=O)O. The minimum atomic E-state index is -1.26. The molecule has 0 spiro atoms. The molecule has 2 atom stereocenters. The van der Waals surface area contributed by atoms with Crippen LogP contribution in [0, 0.1) is 0 Å². The van der Waals surface area contributed by atoms with E-state index in [9.17, 15) is 29.1 Å². The lowest BCUT2D eigenvalue weighted by Gasteiger charge is -2.25. The maximum absolute atomic E-state index is 12.6. The summed E-state index contributed by atoms with van der Waals surface area (Å²) in [6, 6.07) is -3.33. The van der Waals surface area contributed by atoms with Crippen molar-refractivity contribution in [3.8, 4) is 0 Å². The molecule has 4 N–H and O–H groups in total. The van der Waals surface area contributed by atoms with Crippen LogP contribution in [0.3, 0.4) is 0 Å². The maximum Gasteiger partial charge on any atom is 0.407 e. The van der Waals surface area contributed by atoms with E-state index in [0.29, 0.717) is 12.8 Å². The third-order valence-electron chi connectivity index (χ3n) is 4.18. The predicted molar refractivity (Wildman–Crippen MR) is 131 cm³/mol. The van der Waals surface area contributed by atoms with Crippen LogP contribution in [0.15, 0.2) is 12.7 Å². The fraction of sp³-hybridized carbons (Fsp3) is 0.708. The number of unbranched alkanes of at least 4 members (excludes halogenated alkanes) is 1. The van der Waals surface area contributed by atoms with Crippen LogP contribution in [0.25, 0.3) is 0 Å². The predicted octanol–water partition coefficient (Wildman–Crippen LogP) is 2.65. The van der Waals surface area contributed by atoms with Gasteiger partial charge in [0.25, 0.3) is 0 Å². The van der Waals surface area contributed by atoms with Gasteiger partial charge in [0.05, 0.1) is 0 Å². The number of ether oxygens (including phenoxy) is 3. The molecule has 0 heterocycles. The third kappa shape index (κ3) is 17.2. The molecule has 12 nitrogen and oxygen atoms in total. The summed E-state index contributed by atoms with van der Waals surface area (Å²) in [5.74, 6) is -2.57. The molecule has 0 aliphatic rings. The van der Waals surface area contributed by atoms with Crippen LogP contribution in [0.1, 0.15) is 73.6 Å². The third-order valence-corrected chi connectivity index (χ3v) is 4.18. The van der Waals surface area contributed by atoms with Gasteiger partial charge in [0, 0.05) is 13.0 Å². The number of carboxylic acids is 1. The van der Waals surface area contributed by atoms with Crippen LogP contribution in [-0.2, 0) is 28.6 Å². The Labute approximate surface area is 212 Å². The molecule has 0 saturated heterocycles. The monoisotopic (exact) mass is 515 g/mol. The van der Waals surface area contributed by atoms with Crippen molar-refractivity contribution >= 4 is 30.0 Å². The highest BCUT2D eigenvalue weighted by Crippen LogP contribution is 2.13. The van der Waals surface area contributed by atoms with Crippen LogP contribution >= 0.6 is 0 Å². The molecule has 0 rings (SSSR count). The van der Waals surface area contributed by atoms with Crippen LogP contribution in [-0.4, -0.2) is 71.6 Å². The number of amides is 3. The molecular weight excluding hydrogens is 474 g/mol. The van der Waals surface area contributed by atoms with Crippen molar-refractivity contribution in [2.24, 2.45) is 0 Å². The fourth-order valence-corrected chi connectivity index (χ4v) is 2.74. The summed E-state index contributed by atoms with van der Waals surface area (Å²) in [6.45, 7) is 13.9. The van der Waals surface area contributed by atoms with Gasteiger partial charge in [-0.15, -0.1) is 0 Å². The summed E-state index contributed by atoms with van der Waals surface area (Å²) in [4.78, 5) is 60.1. The zero-order valence-corrected chi connectivity index (χ0v) is 22.1. The van der Waals surface area contributed by atoms with Crippen molar-refractivity contribution in [1.29, 1.82) is 0 Å². The Hall–Kier alpha value is -3.31. The highest BCUT2D eigenvalue weighted by Gasteiger charge is 2.29. The van der Waals surface area contributed by atoms with Crippen molar-refractivity contribution in [2.75, 3.05) is 13.2 Å². The van der Waals surface area contributed by atoms with Crippen LogP contribution in [0.2, 0.25) is 0 Å². The second kappa shape index (κ2) is 15.6. The molecule has 206 valence electrons. The first-order valence-corrected chi connectivity index (χ1v) is 11.8. The van der Waals surface area contributed by atoms with Crippen LogP contribution in [0.4, 0.5) is 9.59 Å². The molecule has 0 bridgehead atoms. The number of alkyl carbamates (subject to hydrolysis) is 1. The summed E-state index contributed by atoms with van der Waals surface area (Å²) in [5, 5.41) is 16.7. The molecule has 0 aromatic rings. The number of aliphatic carboxylic acids is 1. The Bertz CT molecular complexity index is 770. The Morgan fingerprint density at radius 1 is 0.889 bits per heavy atom. The van der Waals surface area contributed by atoms with E-state index in [1.54, 1.807) is 41.5 Å². The Morgan fingerprint density at radius 3 is 2.00 bits per heavy atom. The van der Waals surface area contributed by atoms with Gasteiger partial charge in [-0.1, -0.05) is 12.7 Å². The lowest BCUT2D eigenvalue weighted by Crippen LogP contribution is -2.52. The summed E-state index contributed by atoms with van der Waals surface area (Å²) in [6.07, 6.45) is 1.48. The summed E-state index contributed by atoms with van der Waals surface area (Å²) in [5.41, 5.74) is -1.55. The normalized spacial score (nSPS) is 12.9. The number of hydrogen-bond donors (Lipinski definition) is 4. The molecule has 0 aliphatic heterocycles. The molecule has 12 heteroatoms. The van der Waals surface area contributed by atoms with Gasteiger partial charge in [-0.05, 0) is 67.2 Å². The average molecular weight is 516 g/mol. The Balaban J connectivity index is 4.92. The molecule has 2 unspecified atom stereocenters. The van der Waals surface area contributed by atoms with Gasteiger partial charge in [-0.2, -0.15) is 0 Å². The number of carboxylic acid groups (broad SMARTS) is 1. The lowest BCUT2D eigenvalue weighted by molar-refractivity contribution is -0.158. The molecule has 0 aliphatic carbocycles. The minimum Gasteiger partial charge on any atom is -0.480 e. The fourth-order valence-electron chi connectivity index (χ4n) is 2.74. The van der Waals surface area contributed by atoms with E-state index in [1.165, 1.54) is 6.08 Å². The van der Waals surface area contributed by atoms with Crippen molar-refractivity contribution in [3.63, 3.8) is 0 Å². The lowest BCUT2D eigenvalue weighted by atomic mass is 10.1. The van der Waals surface area contributed by atoms with Crippen LogP contribution < -0.4 is 16.0 Å². The molecule has 0 saturated carbocycles. The van der Waals surface area contributed by atoms with Crippen molar-refractivity contribution < 1.29 is 43.3 Å². The van der Waals surface area contributed by atoms with E-state index >= 15 is 0 Å². The van der Waals surface area contributed by atoms with Crippen molar-refractivity contribution in [1.82, 2.24) is 16.0 Å². The van der Waals surface area contributed by atoms with Gasteiger partial charge in [0.15, 0.2) is 0 Å². The van der Waals surface area contributed by atoms with Crippen molar-refractivity contribution in [3.05, 3.63) is 12.7 Å². The molecule has 0 radical (unpaired) electrons. The Morgan fingerprint density at radius 2 is 1.47 bits per heavy atom. The zero-order valence-electron chi connectivity index (χ0n) is 22.1. The second-order valence-corrected chi connectivity index (χ2v) is 10.0. The van der Waals surface area contributed by atoms with E-state index in [0.717, 1.165) is 0 Å². The largest absolute Gasteiger partial charge is 0.480 e. The van der Waals surface area contributed by atoms with Gasteiger partial charge in [0.2, 0.25) is 0 Å². The number of carbonyl (C=O) groups excluding carboxylic acids is 4. The molecule has 0 aromatic carbocycles. The quantitative estimate of drug-likeness (QED) is 0.118. The Kier molecular flexibility index (Phi) is 14.2. The number of carbonyl (C=O) groups is 5. The van der Waals surface area contributed by atoms with E-state index < -0.39 is 53.3 Å². The first-order chi connectivity index (χ1) is 16.5. The highest BCUT2D eigenvalue weighted by molar-refractivity contribution is 5.87. The van der Waals surface area contributed by atoms with Gasteiger partial charge < -0.3 is 35.3 Å². The summed E-state index contributed by atoms with van der Waals surface area (Å²) in [7, 11) is 0. The number of nitrogens with one attached hydrogen (secondary N) is 3. The average Bonchev–Trinajstić information content (AvgIpc) is 2.71. The zero-order chi connectivity index (χ0) is 27.9. The van der Waals surface area contributed by atoms with Gasteiger partial charge in [-0.25, -0.2) is 19.2 Å². The van der Waals surface area contributed by atoms with E-state index in [-0.39, 0.29) is 32.4 Å². The molecule has 0 aromatic heterocycles. The van der Waals surface area contributed by atoms with Gasteiger partial charge >= 0.3 is 30.0 Å². The smallest absolute Gasteiger partial charge is 0.407 e. The number of esters is 2. The van der Waals surface area contributed by atoms with E-state index in [1.807, 2.05) is 0 Å². The standard InChI is InChI=1S/C24H41N3O9/c1-8-15-34-22(33)25-14-10-9-11-16(19(29)30)26-21(32)27-17(20(31)36-24(5,6)7)12-13-18(28)35-23(2,3)4/h8,16-17H,1,9-15H2,2-7H3,(H,25,33)(H,29,30)(H2,26,27,32). The van der Waals surface area contributed by atoms with Gasteiger partial charge in [-0.3, -0.25) is 4.79 Å². The molecule has 0 fully saturated rings. The summed E-state index contributed by atoms with van der Waals surface area (Å²) < 4.78 is 15.3. The van der Waals surface area contributed by atoms with E-state index in [2.05, 4.69) is 22.5 Å². The van der Waals surface area contributed by atoms with Gasteiger partial charge in [0.1, 0.15) is 29.9 Å². The first-order valence-electron chi connectivity index (χ1n) is 11.8. The maximum atomic E-state index is 12.6. The number of urea groups is 1. The topological polar surface area (TPSA) is 169 Å². The molecule has 3 amide bonds. The molecule has 36 heavy (non-hydrogen) atoms. The minimum absolute atomic E-state index is 0.0774. The number of hydrogen-bond acceptors (Lipinski definition) is 8.